The molecule has 9 heteroatoms. The van der Waals surface area contributed by atoms with Crippen molar-refractivity contribution in [2.75, 3.05) is 33.1 Å². The van der Waals surface area contributed by atoms with Crippen LogP contribution in [0.2, 0.25) is 0 Å². The maximum Gasteiger partial charge on any atom is 0.262 e. The van der Waals surface area contributed by atoms with Crippen LogP contribution in [0.5, 0.6) is 11.5 Å². The number of hydrogen-bond donors (Lipinski definition) is 1. The summed E-state index contributed by atoms with van der Waals surface area (Å²) < 4.78 is 35.8. The van der Waals surface area contributed by atoms with Gasteiger partial charge in [-0.1, -0.05) is 6.07 Å². The van der Waals surface area contributed by atoms with Gasteiger partial charge in [0, 0.05) is 19.8 Å². The monoisotopic (exact) mass is 392 g/mol. The SMILES string of the molecule is COc1ccc(OCC(=O)Nc2cccc(S(=O)(=O)N(C)C)c2)c(C=O)c1. The predicted molar refractivity (Wildman–Crippen MR) is 99.8 cm³/mol. The van der Waals surface area contributed by atoms with E-state index in [1.165, 1.54) is 51.5 Å². The molecule has 0 aromatic heterocycles. The van der Waals surface area contributed by atoms with Crippen molar-refractivity contribution in [3.63, 3.8) is 0 Å². The Labute approximate surface area is 157 Å². The minimum Gasteiger partial charge on any atom is -0.497 e. The Bertz CT molecular complexity index is 941. The number of ether oxygens (including phenoxy) is 2. The van der Waals surface area contributed by atoms with Crippen molar-refractivity contribution in [2.24, 2.45) is 0 Å². The molecule has 0 aliphatic carbocycles. The van der Waals surface area contributed by atoms with Gasteiger partial charge in [-0.2, -0.15) is 0 Å². The molecule has 1 amide bonds. The number of anilines is 1. The van der Waals surface area contributed by atoms with Crippen LogP contribution < -0.4 is 14.8 Å². The number of nitrogens with one attached hydrogen (secondary N) is 1. The molecule has 0 radical (unpaired) electrons. The maximum absolute atomic E-state index is 12.1. The number of rotatable bonds is 8. The van der Waals surface area contributed by atoms with Gasteiger partial charge >= 0.3 is 0 Å². The Kier molecular flexibility index (Phi) is 6.54. The lowest BCUT2D eigenvalue weighted by Gasteiger charge is -2.13. The third kappa shape index (κ3) is 5.05. The predicted octanol–water partition coefficient (Wildman–Crippen LogP) is 1.78. The summed E-state index contributed by atoms with van der Waals surface area (Å²) >= 11 is 0. The summed E-state index contributed by atoms with van der Waals surface area (Å²) in [6, 6.07) is 10.5. The molecule has 0 aliphatic rings. The highest BCUT2D eigenvalue weighted by atomic mass is 32.2. The molecule has 1 N–H and O–H groups in total. The van der Waals surface area contributed by atoms with E-state index < -0.39 is 15.9 Å². The highest BCUT2D eigenvalue weighted by Gasteiger charge is 2.17. The Morgan fingerprint density at radius 2 is 1.93 bits per heavy atom. The van der Waals surface area contributed by atoms with Crippen LogP contribution in [0.15, 0.2) is 47.4 Å². The lowest BCUT2D eigenvalue weighted by molar-refractivity contribution is -0.118. The van der Waals surface area contributed by atoms with Crippen molar-refractivity contribution >= 4 is 27.9 Å². The zero-order valence-corrected chi connectivity index (χ0v) is 15.9. The topological polar surface area (TPSA) is 102 Å². The number of nitrogens with zero attached hydrogens (tertiary/aromatic N) is 1. The Morgan fingerprint density at radius 1 is 1.19 bits per heavy atom. The first-order valence-electron chi connectivity index (χ1n) is 7.86. The smallest absolute Gasteiger partial charge is 0.262 e. The normalized spacial score (nSPS) is 11.1. The van der Waals surface area contributed by atoms with Crippen molar-refractivity contribution in [1.29, 1.82) is 0 Å². The number of carbonyl (C=O) groups is 2. The number of hydrogen-bond acceptors (Lipinski definition) is 6. The van der Waals surface area contributed by atoms with Crippen molar-refractivity contribution in [2.45, 2.75) is 4.90 Å². The molecule has 2 aromatic carbocycles. The van der Waals surface area contributed by atoms with E-state index in [-0.39, 0.29) is 22.8 Å². The molecule has 0 heterocycles. The van der Waals surface area contributed by atoms with Gasteiger partial charge in [0.15, 0.2) is 12.9 Å². The van der Waals surface area contributed by atoms with Gasteiger partial charge in [0.25, 0.3) is 5.91 Å². The third-order valence-electron chi connectivity index (χ3n) is 3.60. The van der Waals surface area contributed by atoms with Gasteiger partial charge in [-0.15, -0.1) is 0 Å². The van der Waals surface area contributed by atoms with Gasteiger partial charge < -0.3 is 14.8 Å². The van der Waals surface area contributed by atoms with Crippen molar-refractivity contribution < 1.29 is 27.5 Å². The van der Waals surface area contributed by atoms with E-state index in [1.807, 2.05) is 0 Å². The lowest BCUT2D eigenvalue weighted by atomic mass is 10.2. The molecule has 0 saturated heterocycles. The zero-order valence-electron chi connectivity index (χ0n) is 15.1. The second kappa shape index (κ2) is 8.65. The first-order valence-corrected chi connectivity index (χ1v) is 9.30. The number of sulfonamides is 1. The van der Waals surface area contributed by atoms with E-state index in [4.69, 9.17) is 9.47 Å². The number of methoxy groups -OCH3 is 1. The second-order valence-corrected chi connectivity index (χ2v) is 7.83. The van der Waals surface area contributed by atoms with Gasteiger partial charge in [-0.05, 0) is 36.4 Å². The molecule has 0 bridgehead atoms. The first-order chi connectivity index (χ1) is 12.8. The van der Waals surface area contributed by atoms with Gasteiger partial charge in [0.1, 0.15) is 11.5 Å². The Morgan fingerprint density at radius 3 is 2.56 bits per heavy atom. The maximum atomic E-state index is 12.1. The second-order valence-electron chi connectivity index (χ2n) is 5.67. The van der Waals surface area contributed by atoms with Crippen LogP contribution in [0, 0.1) is 0 Å². The number of benzene rings is 2. The van der Waals surface area contributed by atoms with E-state index in [9.17, 15) is 18.0 Å². The molecule has 0 aliphatic heterocycles. The molecule has 2 aromatic rings. The summed E-state index contributed by atoms with van der Waals surface area (Å²) in [5, 5.41) is 2.56. The van der Waals surface area contributed by atoms with E-state index >= 15 is 0 Å². The lowest BCUT2D eigenvalue weighted by Crippen LogP contribution is -2.23. The largest absolute Gasteiger partial charge is 0.497 e. The molecule has 0 fully saturated rings. The molecule has 2 rings (SSSR count). The van der Waals surface area contributed by atoms with E-state index in [0.29, 0.717) is 17.7 Å². The van der Waals surface area contributed by atoms with Gasteiger partial charge in [0.05, 0.1) is 17.6 Å². The van der Waals surface area contributed by atoms with E-state index in [2.05, 4.69) is 5.32 Å². The molecule has 8 nitrogen and oxygen atoms in total. The fourth-order valence-corrected chi connectivity index (χ4v) is 3.11. The van der Waals surface area contributed by atoms with Crippen LogP contribution in [0.1, 0.15) is 10.4 Å². The van der Waals surface area contributed by atoms with Crippen molar-refractivity contribution in [3.8, 4) is 11.5 Å². The highest BCUT2D eigenvalue weighted by molar-refractivity contribution is 7.89. The summed E-state index contributed by atoms with van der Waals surface area (Å²) in [6.45, 7) is -0.349. The minimum absolute atomic E-state index is 0.0598. The molecular weight excluding hydrogens is 372 g/mol. The number of amides is 1. The summed E-state index contributed by atoms with van der Waals surface area (Å²) in [6.07, 6.45) is 0.603. The van der Waals surface area contributed by atoms with Crippen LogP contribution in [0.3, 0.4) is 0 Å². The first kappa shape index (κ1) is 20.4. The fraction of sp³-hybridized carbons (Fsp3) is 0.222. The van der Waals surface area contributed by atoms with Gasteiger partial charge in [-0.25, -0.2) is 12.7 Å². The Balaban J connectivity index is 2.06. The zero-order chi connectivity index (χ0) is 20.0. The molecule has 0 unspecified atom stereocenters. The van der Waals surface area contributed by atoms with Gasteiger partial charge in [0.2, 0.25) is 10.0 Å². The third-order valence-corrected chi connectivity index (χ3v) is 5.41. The van der Waals surface area contributed by atoms with Gasteiger partial charge in [-0.3, -0.25) is 9.59 Å². The molecule has 0 saturated carbocycles. The van der Waals surface area contributed by atoms with Crippen LogP contribution in [-0.2, 0) is 14.8 Å². The van der Waals surface area contributed by atoms with Crippen LogP contribution in [0.4, 0.5) is 5.69 Å². The highest BCUT2D eigenvalue weighted by Crippen LogP contribution is 2.23. The van der Waals surface area contributed by atoms with Crippen LogP contribution in [-0.4, -0.2) is 52.7 Å². The molecule has 0 atom stereocenters. The molecule has 0 spiro atoms. The van der Waals surface area contributed by atoms with Crippen molar-refractivity contribution in [1.82, 2.24) is 4.31 Å². The molecule has 144 valence electrons. The summed E-state index contributed by atoms with van der Waals surface area (Å²) in [5.74, 6) is 0.236. The molecular formula is C18H20N2O6S. The van der Waals surface area contributed by atoms with Crippen LogP contribution >= 0.6 is 0 Å². The summed E-state index contributed by atoms with van der Waals surface area (Å²) in [5.41, 5.74) is 0.568. The Hall–Kier alpha value is -2.91. The average Bonchev–Trinajstić information content (AvgIpc) is 2.66. The molecule has 27 heavy (non-hydrogen) atoms. The van der Waals surface area contributed by atoms with Crippen LogP contribution in [0.25, 0.3) is 0 Å². The van der Waals surface area contributed by atoms with Crippen molar-refractivity contribution in [3.05, 3.63) is 48.0 Å². The van der Waals surface area contributed by atoms with E-state index in [1.54, 1.807) is 12.1 Å². The fourth-order valence-electron chi connectivity index (χ4n) is 2.16. The minimum atomic E-state index is -3.61. The summed E-state index contributed by atoms with van der Waals surface area (Å²) in [4.78, 5) is 23.3. The summed E-state index contributed by atoms with van der Waals surface area (Å²) in [7, 11) is 0.718. The average molecular weight is 392 g/mol. The van der Waals surface area contributed by atoms with E-state index in [0.717, 1.165) is 4.31 Å². The standard InChI is InChI=1S/C18H20N2O6S/c1-20(2)27(23,24)16-6-4-5-14(10-16)19-18(22)12-26-17-8-7-15(25-3)9-13(17)11-21/h4-11H,12H2,1-3H3,(H,19,22). The quantitative estimate of drug-likeness (QED) is 0.687. The number of carbonyl (C=O) groups excluding carboxylic acids is 2. The number of aldehydes is 1.